The largest absolute Gasteiger partial charge is 0.271 e. The standard InChI is InChI=1S/C18H25N5O4S/c1-12-9-13(2)23(21-12)11-16(24)19-20-17(25)14-7-6-8-15(10-14)28(26,27)22-18(3,4)5/h6-10,22H,11H2,1-5H3,(H,19,24)(H,20,25). The molecule has 0 aliphatic carbocycles. The van der Waals surface area contributed by atoms with Crippen LogP contribution in [0.25, 0.3) is 0 Å². The molecule has 0 saturated heterocycles. The predicted molar refractivity (Wildman–Crippen MR) is 104 cm³/mol. The zero-order valence-electron chi connectivity index (χ0n) is 16.5. The van der Waals surface area contributed by atoms with Crippen LogP contribution in [0.4, 0.5) is 0 Å². The number of amides is 2. The third-order valence-corrected chi connectivity index (χ3v) is 5.31. The lowest BCUT2D eigenvalue weighted by Crippen LogP contribution is -2.43. The molecule has 0 unspecified atom stereocenters. The molecule has 10 heteroatoms. The van der Waals surface area contributed by atoms with Gasteiger partial charge in [-0.25, -0.2) is 13.1 Å². The maximum atomic E-state index is 12.4. The van der Waals surface area contributed by atoms with Crippen molar-refractivity contribution in [1.82, 2.24) is 25.4 Å². The number of sulfonamides is 1. The Bertz CT molecular complexity index is 990. The molecule has 3 N–H and O–H groups in total. The lowest BCUT2D eigenvalue weighted by Gasteiger charge is -2.20. The van der Waals surface area contributed by atoms with Crippen LogP contribution in [-0.4, -0.2) is 35.6 Å². The van der Waals surface area contributed by atoms with Gasteiger partial charge in [-0.2, -0.15) is 5.10 Å². The van der Waals surface area contributed by atoms with Crippen molar-refractivity contribution in [2.45, 2.75) is 51.6 Å². The summed E-state index contributed by atoms with van der Waals surface area (Å²) in [6.45, 7) is 8.75. The van der Waals surface area contributed by atoms with Crippen molar-refractivity contribution in [3.8, 4) is 0 Å². The summed E-state index contributed by atoms with van der Waals surface area (Å²) in [5.74, 6) is -1.09. The van der Waals surface area contributed by atoms with Crippen LogP contribution in [0.2, 0.25) is 0 Å². The molecule has 152 valence electrons. The highest BCUT2D eigenvalue weighted by Crippen LogP contribution is 2.14. The van der Waals surface area contributed by atoms with E-state index in [1.54, 1.807) is 20.8 Å². The van der Waals surface area contributed by atoms with E-state index in [1.165, 1.54) is 28.9 Å². The van der Waals surface area contributed by atoms with Crippen molar-refractivity contribution in [3.63, 3.8) is 0 Å². The summed E-state index contributed by atoms with van der Waals surface area (Å²) in [5, 5.41) is 4.17. The SMILES string of the molecule is Cc1cc(C)n(CC(=O)NNC(=O)c2cccc(S(=O)(=O)NC(C)(C)C)c2)n1. The molecule has 0 bridgehead atoms. The number of hydrogen-bond donors (Lipinski definition) is 3. The minimum absolute atomic E-state index is 0.0379. The summed E-state index contributed by atoms with van der Waals surface area (Å²) in [5.41, 5.74) is 5.63. The molecule has 2 amide bonds. The molecule has 1 heterocycles. The van der Waals surface area contributed by atoms with Crippen molar-refractivity contribution in [2.75, 3.05) is 0 Å². The van der Waals surface area contributed by atoms with Crippen molar-refractivity contribution in [1.29, 1.82) is 0 Å². The van der Waals surface area contributed by atoms with Crippen molar-refractivity contribution < 1.29 is 18.0 Å². The van der Waals surface area contributed by atoms with Gasteiger partial charge in [-0.05, 0) is 58.9 Å². The summed E-state index contributed by atoms with van der Waals surface area (Å²) >= 11 is 0. The Morgan fingerprint density at radius 2 is 1.79 bits per heavy atom. The van der Waals surface area contributed by atoms with Crippen LogP contribution in [0.1, 0.15) is 42.5 Å². The summed E-state index contributed by atoms with van der Waals surface area (Å²) in [4.78, 5) is 24.2. The van der Waals surface area contributed by atoms with Crippen molar-refractivity contribution in [3.05, 3.63) is 47.3 Å². The summed E-state index contributed by atoms with van der Waals surface area (Å²) in [6, 6.07) is 7.40. The van der Waals surface area contributed by atoms with E-state index in [2.05, 4.69) is 20.7 Å². The fraction of sp³-hybridized carbons (Fsp3) is 0.389. The number of carbonyl (C=O) groups excluding carboxylic acids is 2. The maximum Gasteiger partial charge on any atom is 0.269 e. The number of aryl methyl sites for hydroxylation is 2. The van der Waals surface area contributed by atoms with Crippen LogP contribution in [0, 0.1) is 13.8 Å². The molecule has 0 aliphatic heterocycles. The Balaban J connectivity index is 2.03. The van der Waals surface area contributed by atoms with Gasteiger partial charge in [-0.1, -0.05) is 6.07 Å². The Morgan fingerprint density at radius 3 is 2.36 bits per heavy atom. The molecule has 0 spiro atoms. The molecular formula is C18H25N5O4S. The number of hydrogen-bond acceptors (Lipinski definition) is 5. The number of aromatic nitrogens is 2. The fourth-order valence-electron chi connectivity index (χ4n) is 2.48. The molecule has 0 atom stereocenters. The highest BCUT2D eigenvalue weighted by atomic mass is 32.2. The van der Waals surface area contributed by atoms with Gasteiger partial charge in [-0.15, -0.1) is 0 Å². The second-order valence-electron chi connectivity index (χ2n) is 7.47. The highest BCUT2D eigenvalue weighted by Gasteiger charge is 2.22. The fourth-order valence-corrected chi connectivity index (χ4v) is 3.94. The first kappa shape index (κ1) is 21.6. The van der Waals surface area contributed by atoms with Crippen LogP contribution in [-0.2, 0) is 21.4 Å². The average molecular weight is 407 g/mol. The predicted octanol–water partition coefficient (Wildman–Crippen LogP) is 1.04. The van der Waals surface area contributed by atoms with Gasteiger partial charge < -0.3 is 0 Å². The first-order chi connectivity index (χ1) is 12.9. The monoisotopic (exact) mass is 407 g/mol. The van der Waals surface area contributed by atoms with Gasteiger partial charge in [0.2, 0.25) is 10.0 Å². The number of rotatable bonds is 5. The summed E-state index contributed by atoms with van der Waals surface area (Å²) in [6.07, 6.45) is 0. The lowest BCUT2D eigenvalue weighted by molar-refractivity contribution is -0.122. The van der Waals surface area contributed by atoms with Crippen LogP contribution < -0.4 is 15.6 Å². The molecular weight excluding hydrogens is 382 g/mol. The Labute approximate surface area is 164 Å². The Hall–Kier alpha value is -2.72. The van der Waals surface area contributed by atoms with Crippen LogP contribution in [0.15, 0.2) is 35.2 Å². The molecule has 9 nitrogen and oxygen atoms in total. The van der Waals surface area contributed by atoms with E-state index < -0.39 is 27.4 Å². The quantitative estimate of drug-likeness (QED) is 0.639. The zero-order valence-corrected chi connectivity index (χ0v) is 17.3. The van der Waals surface area contributed by atoms with E-state index >= 15 is 0 Å². The molecule has 28 heavy (non-hydrogen) atoms. The average Bonchev–Trinajstić information content (AvgIpc) is 2.88. The number of carbonyl (C=O) groups is 2. The van der Waals surface area contributed by atoms with Crippen molar-refractivity contribution >= 4 is 21.8 Å². The second kappa shape index (κ2) is 8.11. The smallest absolute Gasteiger partial charge is 0.269 e. The van der Waals surface area contributed by atoms with Crippen LogP contribution in [0.5, 0.6) is 0 Å². The van der Waals surface area contributed by atoms with Gasteiger partial charge in [0, 0.05) is 16.8 Å². The van der Waals surface area contributed by atoms with Gasteiger partial charge in [0.25, 0.3) is 11.8 Å². The van der Waals surface area contributed by atoms with E-state index in [0.29, 0.717) is 0 Å². The highest BCUT2D eigenvalue weighted by molar-refractivity contribution is 7.89. The molecule has 0 fully saturated rings. The molecule has 0 radical (unpaired) electrons. The summed E-state index contributed by atoms with van der Waals surface area (Å²) < 4.78 is 28.8. The number of hydrazine groups is 1. The number of nitrogens with zero attached hydrogens (tertiary/aromatic N) is 2. The van der Waals surface area contributed by atoms with Crippen molar-refractivity contribution in [2.24, 2.45) is 0 Å². The van der Waals surface area contributed by atoms with E-state index in [9.17, 15) is 18.0 Å². The molecule has 1 aromatic carbocycles. The number of nitrogens with one attached hydrogen (secondary N) is 3. The van der Waals surface area contributed by atoms with E-state index in [4.69, 9.17) is 0 Å². The topological polar surface area (TPSA) is 122 Å². The van der Waals surface area contributed by atoms with Gasteiger partial charge in [0.1, 0.15) is 6.54 Å². The second-order valence-corrected chi connectivity index (χ2v) is 9.15. The third-order valence-electron chi connectivity index (χ3n) is 3.56. The summed E-state index contributed by atoms with van der Waals surface area (Å²) in [7, 11) is -3.78. The molecule has 2 aromatic rings. The Morgan fingerprint density at radius 1 is 1.11 bits per heavy atom. The minimum atomic E-state index is -3.78. The van der Waals surface area contributed by atoms with E-state index in [-0.39, 0.29) is 17.0 Å². The maximum absolute atomic E-state index is 12.4. The normalized spacial score (nSPS) is 11.9. The van der Waals surface area contributed by atoms with E-state index in [0.717, 1.165) is 11.4 Å². The minimum Gasteiger partial charge on any atom is -0.271 e. The van der Waals surface area contributed by atoms with Crippen LogP contribution >= 0.6 is 0 Å². The van der Waals surface area contributed by atoms with Gasteiger partial charge in [0.05, 0.1) is 10.6 Å². The first-order valence-corrected chi connectivity index (χ1v) is 10.1. The van der Waals surface area contributed by atoms with E-state index in [1.807, 2.05) is 19.9 Å². The molecule has 0 aliphatic rings. The van der Waals surface area contributed by atoms with Gasteiger partial charge in [-0.3, -0.25) is 25.1 Å². The molecule has 1 aromatic heterocycles. The van der Waals surface area contributed by atoms with Crippen LogP contribution in [0.3, 0.4) is 0 Å². The third kappa shape index (κ3) is 5.89. The zero-order chi connectivity index (χ0) is 21.1. The van der Waals surface area contributed by atoms with Gasteiger partial charge >= 0.3 is 0 Å². The first-order valence-electron chi connectivity index (χ1n) is 8.62. The lowest BCUT2D eigenvalue weighted by atomic mass is 10.1. The van der Waals surface area contributed by atoms with Gasteiger partial charge in [0.15, 0.2) is 0 Å². The molecule has 0 saturated carbocycles. The number of benzene rings is 1. The Kier molecular flexibility index (Phi) is 6.25. The molecule has 2 rings (SSSR count).